The zero-order valence-electron chi connectivity index (χ0n) is 17.3. The Morgan fingerprint density at radius 1 is 1.07 bits per heavy atom. The van der Waals surface area contributed by atoms with E-state index in [1.54, 1.807) is 11.8 Å². The van der Waals surface area contributed by atoms with Crippen LogP contribution < -0.4 is 10.6 Å². The molecule has 3 N–H and O–H groups in total. The maximum atomic E-state index is 7.97. The van der Waals surface area contributed by atoms with Gasteiger partial charge in [0, 0.05) is 23.7 Å². The Morgan fingerprint density at radius 2 is 1.80 bits per heavy atom. The van der Waals surface area contributed by atoms with Crippen LogP contribution in [-0.4, -0.2) is 28.0 Å². The molecule has 156 valence electrons. The molecule has 0 aliphatic carbocycles. The van der Waals surface area contributed by atoms with Crippen LogP contribution in [-0.2, 0) is 0 Å². The predicted molar refractivity (Wildman–Crippen MR) is 129 cm³/mol. The Labute approximate surface area is 187 Å². The summed E-state index contributed by atoms with van der Waals surface area (Å²) < 4.78 is 0. The van der Waals surface area contributed by atoms with Gasteiger partial charge in [0.05, 0.1) is 10.9 Å². The third-order valence-electron chi connectivity index (χ3n) is 4.30. The Kier molecular flexibility index (Phi) is 7.71. The second-order valence-electron chi connectivity index (χ2n) is 7.18. The van der Waals surface area contributed by atoms with Crippen LogP contribution in [0.2, 0.25) is 0 Å². The first-order valence-electron chi connectivity index (χ1n) is 9.82. The number of thioether (sulfide) groups is 1. The highest BCUT2D eigenvalue weighted by Crippen LogP contribution is 2.29. The van der Waals surface area contributed by atoms with Gasteiger partial charge in [-0.05, 0) is 30.2 Å². The van der Waals surface area contributed by atoms with Gasteiger partial charge in [-0.3, -0.25) is 0 Å². The molecule has 1 heterocycles. The Hall–Kier alpha value is -2.57. The van der Waals surface area contributed by atoms with E-state index in [2.05, 4.69) is 34.4 Å². The smallest absolute Gasteiger partial charge is 0.191 e. The fourth-order valence-corrected chi connectivity index (χ4v) is 3.84. The van der Waals surface area contributed by atoms with Crippen LogP contribution in [0.25, 0.3) is 0 Å². The molecule has 0 bridgehead atoms. The van der Waals surface area contributed by atoms with Gasteiger partial charge in [-0.1, -0.05) is 68.1 Å². The van der Waals surface area contributed by atoms with E-state index >= 15 is 0 Å². The lowest BCUT2D eigenvalue weighted by atomic mass is 10.1. The standard InChI is InChI=1S/C23H26ClN5S/c1-15(2)30-23-28-21(26-14-20(24)17-9-5-4-6-10-17)19(13-25)22(29-23)27-18-11-7-8-16(3)12-18/h4-13,15,20,25H,14H2,1-3H3,(H2,26,27,28,29). The van der Waals surface area contributed by atoms with Crippen molar-refractivity contribution in [3.63, 3.8) is 0 Å². The van der Waals surface area contributed by atoms with E-state index in [-0.39, 0.29) is 5.38 Å². The SMILES string of the molecule is Cc1cccc(Nc2nc(SC(C)C)nc(NCC(Cl)c3ccccc3)c2C=N)c1. The van der Waals surface area contributed by atoms with Crippen LogP contribution in [0.15, 0.2) is 59.8 Å². The van der Waals surface area contributed by atoms with Crippen molar-refractivity contribution in [3.8, 4) is 0 Å². The number of nitrogens with zero attached hydrogens (tertiary/aromatic N) is 2. The minimum Gasteiger partial charge on any atom is -0.367 e. The average Bonchev–Trinajstić information content (AvgIpc) is 2.72. The molecule has 0 saturated heterocycles. The summed E-state index contributed by atoms with van der Waals surface area (Å²) in [4.78, 5) is 9.33. The third kappa shape index (κ3) is 5.97. The Bertz CT molecular complexity index is 994. The van der Waals surface area contributed by atoms with E-state index in [0.717, 1.165) is 16.8 Å². The molecule has 0 amide bonds. The molecule has 3 rings (SSSR count). The van der Waals surface area contributed by atoms with E-state index in [9.17, 15) is 0 Å². The summed E-state index contributed by atoms with van der Waals surface area (Å²) in [7, 11) is 0. The molecule has 0 aliphatic rings. The molecule has 30 heavy (non-hydrogen) atoms. The number of aryl methyl sites for hydroxylation is 1. The number of benzene rings is 2. The molecule has 0 aliphatic heterocycles. The first kappa shape index (κ1) is 22.1. The lowest BCUT2D eigenvalue weighted by molar-refractivity contribution is 0.920. The van der Waals surface area contributed by atoms with Crippen LogP contribution in [0.3, 0.4) is 0 Å². The molecule has 0 fully saturated rings. The van der Waals surface area contributed by atoms with E-state index in [1.807, 2.05) is 61.5 Å². The molecule has 3 aromatic rings. The highest BCUT2D eigenvalue weighted by Gasteiger charge is 2.16. The summed E-state index contributed by atoms with van der Waals surface area (Å²) >= 11 is 8.16. The zero-order chi connectivity index (χ0) is 21.5. The third-order valence-corrected chi connectivity index (χ3v) is 5.57. The van der Waals surface area contributed by atoms with Gasteiger partial charge < -0.3 is 16.0 Å². The van der Waals surface area contributed by atoms with Crippen molar-refractivity contribution in [2.75, 3.05) is 17.2 Å². The quantitative estimate of drug-likeness (QED) is 0.155. The highest BCUT2D eigenvalue weighted by molar-refractivity contribution is 7.99. The van der Waals surface area contributed by atoms with Gasteiger partial charge >= 0.3 is 0 Å². The van der Waals surface area contributed by atoms with Crippen LogP contribution in [0.1, 0.15) is 35.9 Å². The molecule has 0 saturated carbocycles. The van der Waals surface area contributed by atoms with Crippen molar-refractivity contribution in [1.29, 1.82) is 5.41 Å². The molecule has 1 aromatic heterocycles. The van der Waals surface area contributed by atoms with Crippen molar-refractivity contribution in [2.24, 2.45) is 0 Å². The van der Waals surface area contributed by atoms with E-state index < -0.39 is 0 Å². The van der Waals surface area contributed by atoms with Crippen molar-refractivity contribution < 1.29 is 0 Å². The minimum atomic E-state index is -0.214. The van der Waals surface area contributed by atoms with Gasteiger partial charge in [0.15, 0.2) is 5.16 Å². The summed E-state index contributed by atoms with van der Waals surface area (Å²) in [5, 5.41) is 15.4. The molecular weight excluding hydrogens is 414 g/mol. The molecule has 7 heteroatoms. The molecule has 5 nitrogen and oxygen atoms in total. The summed E-state index contributed by atoms with van der Waals surface area (Å²) in [5.41, 5.74) is 3.70. The lowest BCUT2D eigenvalue weighted by Crippen LogP contribution is -2.14. The fraction of sp³-hybridized carbons (Fsp3) is 0.261. The molecule has 0 radical (unpaired) electrons. The fourth-order valence-electron chi connectivity index (χ4n) is 2.90. The second-order valence-corrected chi connectivity index (χ2v) is 9.25. The maximum Gasteiger partial charge on any atom is 0.191 e. The second kappa shape index (κ2) is 10.5. The number of nitrogens with one attached hydrogen (secondary N) is 3. The molecular formula is C23H26ClN5S. The highest BCUT2D eigenvalue weighted by atomic mass is 35.5. The normalized spacial score (nSPS) is 11.9. The van der Waals surface area contributed by atoms with Gasteiger partial charge in [-0.2, -0.15) is 0 Å². The monoisotopic (exact) mass is 439 g/mol. The average molecular weight is 440 g/mol. The number of hydrogen-bond donors (Lipinski definition) is 3. The van der Waals surface area contributed by atoms with Gasteiger partial charge in [0.2, 0.25) is 0 Å². The van der Waals surface area contributed by atoms with E-state index in [1.165, 1.54) is 6.21 Å². The summed E-state index contributed by atoms with van der Waals surface area (Å²) in [6.07, 6.45) is 1.27. The van der Waals surface area contributed by atoms with Gasteiger partial charge in [-0.15, -0.1) is 11.6 Å². The van der Waals surface area contributed by atoms with Gasteiger partial charge in [0.1, 0.15) is 11.6 Å². The van der Waals surface area contributed by atoms with Gasteiger partial charge in [-0.25, -0.2) is 9.97 Å². The number of alkyl halides is 1. The van der Waals surface area contributed by atoms with Crippen molar-refractivity contribution >= 4 is 46.9 Å². The largest absolute Gasteiger partial charge is 0.367 e. The van der Waals surface area contributed by atoms with Crippen molar-refractivity contribution in [2.45, 2.75) is 36.6 Å². The topological polar surface area (TPSA) is 73.7 Å². The van der Waals surface area contributed by atoms with E-state index in [0.29, 0.717) is 34.2 Å². The van der Waals surface area contributed by atoms with Crippen molar-refractivity contribution in [1.82, 2.24) is 9.97 Å². The Morgan fingerprint density at radius 3 is 2.47 bits per heavy atom. The first-order valence-corrected chi connectivity index (χ1v) is 11.1. The maximum absolute atomic E-state index is 7.97. The van der Waals surface area contributed by atoms with Gasteiger partial charge in [0.25, 0.3) is 0 Å². The number of rotatable bonds is 9. The zero-order valence-corrected chi connectivity index (χ0v) is 18.9. The van der Waals surface area contributed by atoms with E-state index in [4.69, 9.17) is 17.0 Å². The molecule has 2 aromatic carbocycles. The van der Waals surface area contributed by atoms with Crippen LogP contribution in [0, 0.1) is 12.3 Å². The number of hydrogen-bond acceptors (Lipinski definition) is 6. The lowest BCUT2D eigenvalue weighted by Gasteiger charge is -2.17. The summed E-state index contributed by atoms with van der Waals surface area (Å²) in [5.74, 6) is 1.20. The predicted octanol–water partition coefficient (Wildman–Crippen LogP) is 6.42. The molecule has 1 unspecified atom stereocenters. The van der Waals surface area contributed by atoms with Crippen LogP contribution in [0.4, 0.5) is 17.3 Å². The Balaban J connectivity index is 1.90. The van der Waals surface area contributed by atoms with Crippen molar-refractivity contribution in [3.05, 3.63) is 71.3 Å². The molecule has 1 atom stereocenters. The van der Waals surface area contributed by atoms with Crippen LogP contribution in [0.5, 0.6) is 0 Å². The number of anilines is 3. The first-order chi connectivity index (χ1) is 14.5. The number of aromatic nitrogens is 2. The summed E-state index contributed by atoms with van der Waals surface area (Å²) in [6.45, 7) is 6.73. The summed E-state index contributed by atoms with van der Waals surface area (Å²) in [6, 6.07) is 18.0. The van der Waals surface area contributed by atoms with Crippen LogP contribution >= 0.6 is 23.4 Å². The minimum absolute atomic E-state index is 0.214. The number of halogens is 1. The molecule has 0 spiro atoms.